The van der Waals surface area contributed by atoms with Gasteiger partial charge in [-0.15, -0.1) is 0 Å². The fourth-order valence-corrected chi connectivity index (χ4v) is 4.25. The lowest BCUT2D eigenvalue weighted by atomic mass is 9.83. The molecule has 4 rings (SSSR count). The van der Waals surface area contributed by atoms with Crippen molar-refractivity contribution in [2.75, 3.05) is 20.2 Å². The number of hydrogen-bond acceptors (Lipinski definition) is 3. The summed E-state index contributed by atoms with van der Waals surface area (Å²) in [4.78, 5) is 27.0. The van der Waals surface area contributed by atoms with Gasteiger partial charge in [0.05, 0.1) is 12.7 Å². The molecule has 130 valence electrons. The van der Waals surface area contributed by atoms with Crippen molar-refractivity contribution >= 4 is 17.5 Å². The maximum Gasteiger partial charge on any atom is 0.257 e. The highest BCUT2D eigenvalue weighted by atomic mass is 35.5. The quantitative estimate of drug-likeness (QED) is 0.829. The van der Waals surface area contributed by atoms with E-state index in [9.17, 15) is 9.59 Å². The van der Waals surface area contributed by atoms with Crippen LogP contribution in [-0.2, 0) is 6.54 Å². The lowest BCUT2D eigenvalue weighted by Crippen LogP contribution is -2.49. The zero-order chi connectivity index (χ0) is 17.6. The first-order valence-electron chi connectivity index (χ1n) is 8.39. The zero-order valence-electron chi connectivity index (χ0n) is 13.9. The van der Waals surface area contributed by atoms with Crippen LogP contribution >= 0.6 is 11.6 Å². The Morgan fingerprint density at radius 2 is 2.04 bits per heavy atom. The second-order valence-corrected chi connectivity index (χ2v) is 7.19. The second-order valence-electron chi connectivity index (χ2n) is 6.75. The molecule has 0 unspecified atom stereocenters. The van der Waals surface area contributed by atoms with Crippen molar-refractivity contribution in [2.24, 2.45) is 5.92 Å². The van der Waals surface area contributed by atoms with Crippen LogP contribution in [0.1, 0.15) is 28.4 Å². The Hall–Kier alpha value is -2.27. The Bertz CT molecular complexity index is 892. The molecule has 0 saturated carbocycles. The summed E-state index contributed by atoms with van der Waals surface area (Å²) in [6, 6.07) is 10.5. The predicted octanol–water partition coefficient (Wildman–Crippen LogP) is 2.77. The van der Waals surface area contributed by atoms with Gasteiger partial charge in [0.15, 0.2) is 0 Å². The largest absolute Gasteiger partial charge is 0.496 e. The van der Waals surface area contributed by atoms with E-state index in [0.717, 1.165) is 12.1 Å². The highest BCUT2D eigenvalue weighted by Gasteiger charge is 2.37. The van der Waals surface area contributed by atoms with Gasteiger partial charge in [0.25, 0.3) is 11.5 Å². The SMILES string of the molecule is COc1ccc(Cl)cc1C(=O)N1C[C@@H]2C[C@H](C1)c1cccc(=O)n1C2. The molecule has 2 aromatic rings. The molecule has 1 aromatic heterocycles. The lowest BCUT2D eigenvalue weighted by molar-refractivity contribution is 0.0591. The van der Waals surface area contributed by atoms with Gasteiger partial charge in [0, 0.05) is 42.3 Å². The number of aromatic nitrogens is 1. The molecule has 2 aliphatic heterocycles. The Labute approximate surface area is 150 Å². The van der Waals surface area contributed by atoms with E-state index in [2.05, 4.69) is 0 Å². The number of carbonyl (C=O) groups excluding carboxylic acids is 1. The molecule has 2 aliphatic rings. The number of hydrogen-bond donors (Lipinski definition) is 0. The number of likely N-dealkylation sites (tertiary alicyclic amines) is 1. The molecule has 5 nitrogen and oxygen atoms in total. The lowest BCUT2D eigenvalue weighted by Gasteiger charge is -2.42. The van der Waals surface area contributed by atoms with Gasteiger partial charge < -0.3 is 14.2 Å². The number of halogens is 1. The van der Waals surface area contributed by atoms with E-state index in [4.69, 9.17) is 16.3 Å². The number of benzene rings is 1. The summed E-state index contributed by atoms with van der Waals surface area (Å²) < 4.78 is 7.19. The van der Waals surface area contributed by atoms with Gasteiger partial charge in [-0.25, -0.2) is 0 Å². The topological polar surface area (TPSA) is 51.5 Å². The molecule has 6 heteroatoms. The second kappa shape index (κ2) is 6.23. The van der Waals surface area contributed by atoms with Crippen molar-refractivity contribution in [1.29, 1.82) is 0 Å². The number of methoxy groups -OCH3 is 1. The Balaban J connectivity index is 1.65. The molecule has 1 amide bonds. The van der Waals surface area contributed by atoms with Gasteiger partial charge in [0.1, 0.15) is 5.75 Å². The van der Waals surface area contributed by atoms with Crippen molar-refractivity contribution in [1.82, 2.24) is 9.47 Å². The number of nitrogens with zero attached hydrogens (tertiary/aromatic N) is 2. The van der Waals surface area contributed by atoms with Crippen LogP contribution in [0.3, 0.4) is 0 Å². The monoisotopic (exact) mass is 358 g/mol. The van der Waals surface area contributed by atoms with Gasteiger partial charge in [0.2, 0.25) is 0 Å². The van der Waals surface area contributed by atoms with Crippen LogP contribution in [0, 0.1) is 5.92 Å². The average molecular weight is 359 g/mol. The first-order valence-corrected chi connectivity index (χ1v) is 8.77. The van der Waals surface area contributed by atoms with Crippen LogP contribution in [0.15, 0.2) is 41.2 Å². The third-order valence-corrected chi connectivity index (χ3v) is 5.39. The van der Waals surface area contributed by atoms with Crippen molar-refractivity contribution in [3.63, 3.8) is 0 Å². The highest BCUT2D eigenvalue weighted by Crippen LogP contribution is 2.36. The smallest absolute Gasteiger partial charge is 0.257 e. The summed E-state index contributed by atoms with van der Waals surface area (Å²) in [5.74, 6) is 0.943. The molecule has 1 aromatic carbocycles. The van der Waals surface area contributed by atoms with Crippen LogP contribution < -0.4 is 10.3 Å². The van der Waals surface area contributed by atoms with Gasteiger partial charge in [-0.3, -0.25) is 9.59 Å². The third-order valence-electron chi connectivity index (χ3n) is 5.16. The van der Waals surface area contributed by atoms with E-state index >= 15 is 0 Å². The van der Waals surface area contributed by atoms with Gasteiger partial charge in [-0.2, -0.15) is 0 Å². The average Bonchev–Trinajstić information content (AvgIpc) is 2.62. The molecule has 0 aliphatic carbocycles. The molecule has 2 atom stereocenters. The number of ether oxygens (including phenoxy) is 1. The standard InChI is InChI=1S/C19H19ClN2O3/c1-25-17-6-5-14(20)8-15(17)19(24)21-9-12-7-13(11-21)16-3-2-4-18(23)22(16)10-12/h2-6,8,12-13H,7,9-11H2,1H3/t12-,13+/m0/s1. The van der Waals surface area contributed by atoms with Crippen molar-refractivity contribution in [3.05, 3.63) is 63.0 Å². The maximum atomic E-state index is 13.1. The Morgan fingerprint density at radius 1 is 1.20 bits per heavy atom. The third kappa shape index (κ3) is 2.82. The van der Waals surface area contributed by atoms with Gasteiger partial charge >= 0.3 is 0 Å². The molecule has 25 heavy (non-hydrogen) atoms. The molecule has 0 N–H and O–H groups in total. The number of fused-ring (bicyclic) bond motifs is 4. The summed E-state index contributed by atoms with van der Waals surface area (Å²) in [6.45, 7) is 1.92. The Kier molecular flexibility index (Phi) is 4.04. The molecule has 2 bridgehead atoms. The minimum absolute atomic E-state index is 0.0449. The van der Waals surface area contributed by atoms with Crippen LogP contribution in [0.5, 0.6) is 5.75 Å². The first kappa shape index (κ1) is 16.2. The summed E-state index contributed by atoms with van der Waals surface area (Å²) in [6.07, 6.45) is 1.01. The molecule has 1 fully saturated rings. The van der Waals surface area contributed by atoms with E-state index in [1.165, 1.54) is 0 Å². The van der Waals surface area contributed by atoms with Crippen LogP contribution in [0.4, 0.5) is 0 Å². The van der Waals surface area contributed by atoms with E-state index in [0.29, 0.717) is 41.9 Å². The Morgan fingerprint density at radius 3 is 2.84 bits per heavy atom. The first-order chi connectivity index (χ1) is 12.1. The number of rotatable bonds is 2. The summed E-state index contributed by atoms with van der Waals surface area (Å²) in [5.41, 5.74) is 1.56. The van der Waals surface area contributed by atoms with Gasteiger partial charge in [-0.05, 0) is 36.6 Å². The fraction of sp³-hybridized carbons (Fsp3) is 0.368. The van der Waals surface area contributed by atoms with Crippen LogP contribution in [-0.4, -0.2) is 35.6 Å². The molecule has 1 saturated heterocycles. The predicted molar refractivity (Wildman–Crippen MR) is 95.5 cm³/mol. The van der Waals surface area contributed by atoms with Crippen molar-refractivity contribution < 1.29 is 9.53 Å². The van der Waals surface area contributed by atoms with E-state index in [1.54, 1.807) is 37.4 Å². The van der Waals surface area contributed by atoms with Crippen LogP contribution in [0.2, 0.25) is 5.02 Å². The zero-order valence-corrected chi connectivity index (χ0v) is 14.7. The minimum atomic E-state index is -0.0687. The highest BCUT2D eigenvalue weighted by molar-refractivity contribution is 6.31. The van der Waals surface area contributed by atoms with E-state index in [1.807, 2.05) is 15.5 Å². The number of pyridine rings is 1. The van der Waals surface area contributed by atoms with E-state index < -0.39 is 0 Å². The van der Waals surface area contributed by atoms with Crippen LogP contribution in [0.25, 0.3) is 0 Å². The summed E-state index contributed by atoms with van der Waals surface area (Å²) in [5, 5.41) is 0.512. The molecule has 0 spiro atoms. The van der Waals surface area contributed by atoms with Gasteiger partial charge in [-0.1, -0.05) is 17.7 Å². The number of amides is 1. The maximum absolute atomic E-state index is 13.1. The van der Waals surface area contributed by atoms with Crippen molar-refractivity contribution in [2.45, 2.75) is 18.9 Å². The molecular formula is C19H19ClN2O3. The number of piperidine rings is 1. The molecule has 3 heterocycles. The van der Waals surface area contributed by atoms with Crippen molar-refractivity contribution in [3.8, 4) is 5.75 Å². The number of carbonyl (C=O) groups is 1. The fourth-order valence-electron chi connectivity index (χ4n) is 4.08. The summed E-state index contributed by atoms with van der Waals surface area (Å²) in [7, 11) is 1.55. The molecular weight excluding hydrogens is 340 g/mol. The minimum Gasteiger partial charge on any atom is -0.496 e. The molecule has 0 radical (unpaired) electrons. The summed E-state index contributed by atoms with van der Waals surface area (Å²) >= 11 is 6.07. The normalized spacial score (nSPS) is 21.6. The van der Waals surface area contributed by atoms with E-state index in [-0.39, 0.29) is 17.4 Å².